The summed E-state index contributed by atoms with van der Waals surface area (Å²) in [4.78, 5) is 0.332. The van der Waals surface area contributed by atoms with Crippen LogP contribution in [0.1, 0.15) is 24.5 Å². The third-order valence-electron chi connectivity index (χ3n) is 5.70. The fourth-order valence-corrected chi connectivity index (χ4v) is 5.40. The average Bonchev–Trinajstić information content (AvgIpc) is 3.22. The van der Waals surface area contributed by atoms with E-state index >= 15 is 0 Å². The minimum absolute atomic E-state index is 0.000125. The largest absolute Gasteiger partial charge is 0.273 e. The summed E-state index contributed by atoms with van der Waals surface area (Å²) < 4.78 is 27.6. The van der Waals surface area contributed by atoms with Gasteiger partial charge in [-0.3, -0.25) is 4.31 Å². The highest BCUT2D eigenvalue weighted by Crippen LogP contribution is 2.67. The van der Waals surface area contributed by atoms with Crippen LogP contribution in [-0.4, -0.2) is 19.3 Å². The van der Waals surface area contributed by atoms with Gasteiger partial charge in [0.25, 0.3) is 10.0 Å². The third kappa shape index (κ3) is 2.51. The molecule has 0 aromatic heterocycles. The van der Waals surface area contributed by atoms with Crippen LogP contribution in [0, 0.1) is 12.3 Å². The Morgan fingerprint density at radius 3 is 2.32 bits per heavy atom. The molecule has 2 atom stereocenters. The molecule has 2 aromatic rings. The molecule has 1 heterocycles. The average molecular weight is 374 g/mol. The van der Waals surface area contributed by atoms with Gasteiger partial charge in [-0.05, 0) is 48.6 Å². The van der Waals surface area contributed by atoms with Gasteiger partial charge in [0.1, 0.15) is 0 Å². The molecule has 1 aliphatic carbocycles. The first-order valence-electron chi connectivity index (χ1n) is 8.31. The lowest BCUT2D eigenvalue weighted by Gasteiger charge is -2.33. The van der Waals surface area contributed by atoms with Crippen molar-refractivity contribution >= 4 is 21.6 Å². The molecule has 0 N–H and O–H groups in total. The number of hydrogen-bond donors (Lipinski definition) is 0. The van der Waals surface area contributed by atoms with Crippen molar-refractivity contribution in [3.05, 3.63) is 77.0 Å². The van der Waals surface area contributed by atoms with Crippen LogP contribution in [0.5, 0.6) is 0 Å². The number of hydrogen-bond acceptors (Lipinski definition) is 2. The van der Waals surface area contributed by atoms with Crippen molar-refractivity contribution in [1.29, 1.82) is 0 Å². The Hall–Kier alpha value is -1.78. The van der Waals surface area contributed by atoms with Crippen molar-refractivity contribution < 1.29 is 8.42 Å². The molecular weight excluding hydrogens is 354 g/mol. The van der Waals surface area contributed by atoms with Gasteiger partial charge in [0.15, 0.2) is 0 Å². The number of allylic oxidation sites excluding steroid dienone is 1. The smallest absolute Gasteiger partial charge is 0.263 e. The number of fused-ring (bicyclic) bond motifs is 1. The molecule has 0 bridgehead atoms. The number of halogens is 1. The first-order chi connectivity index (χ1) is 11.8. The quantitative estimate of drug-likeness (QED) is 0.793. The third-order valence-corrected chi connectivity index (χ3v) is 7.68. The number of aryl methyl sites for hydroxylation is 1. The number of rotatable bonds is 3. The molecule has 0 saturated heterocycles. The number of nitrogens with zero attached hydrogens (tertiary/aromatic N) is 1. The van der Waals surface area contributed by atoms with Crippen LogP contribution >= 0.6 is 11.6 Å². The second-order valence-electron chi connectivity index (χ2n) is 7.36. The molecule has 2 unspecified atom stereocenters. The second kappa shape index (κ2) is 5.36. The minimum atomic E-state index is -3.55. The van der Waals surface area contributed by atoms with E-state index in [4.69, 9.17) is 11.6 Å². The van der Waals surface area contributed by atoms with Crippen LogP contribution in [0.2, 0.25) is 5.02 Å². The summed E-state index contributed by atoms with van der Waals surface area (Å²) in [5.41, 5.74) is 2.01. The molecule has 0 amide bonds. The van der Waals surface area contributed by atoms with E-state index in [0.717, 1.165) is 17.5 Å². The lowest BCUT2D eigenvalue weighted by Crippen LogP contribution is -2.38. The molecule has 1 fully saturated rings. The van der Waals surface area contributed by atoms with Gasteiger partial charge in [-0.1, -0.05) is 54.4 Å². The summed E-state index contributed by atoms with van der Waals surface area (Å²) in [6.07, 6.45) is 4.71. The first kappa shape index (κ1) is 16.7. The molecule has 4 rings (SSSR count). The van der Waals surface area contributed by atoms with E-state index in [2.05, 4.69) is 6.92 Å². The van der Waals surface area contributed by atoms with Gasteiger partial charge in [0, 0.05) is 23.2 Å². The normalized spacial score (nSPS) is 27.9. The molecule has 1 aliphatic heterocycles. The van der Waals surface area contributed by atoms with Crippen molar-refractivity contribution in [3.63, 3.8) is 0 Å². The summed E-state index contributed by atoms with van der Waals surface area (Å²) in [7, 11) is -3.55. The van der Waals surface area contributed by atoms with Crippen molar-refractivity contribution in [1.82, 2.24) is 4.31 Å². The summed E-state index contributed by atoms with van der Waals surface area (Å²) in [6.45, 7) is 4.59. The van der Waals surface area contributed by atoms with Crippen molar-refractivity contribution in [3.8, 4) is 0 Å². The van der Waals surface area contributed by atoms with Crippen LogP contribution < -0.4 is 0 Å². The van der Waals surface area contributed by atoms with E-state index in [1.165, 1.54) is 4.31 Å². The van der Waals surface area contributed by atoms with Crippen LogP contribution in [0.4, 0.5) is 0 Å². The van der Waals surface area contributed by atoms with Crippen LogP contribution in [0.15, 0.2) is 65.7 Å². The highest BCUT2D eigenvalue weighted by Gasteiger charge is 2.66. The summed E-state index contributed by atoms with van der Waals surface area (Å²) >= 11 is 6.02. The summed E-state index contributed by atoms with van der Waals surface area (Å²) in [5, 5.41) is 0.693. The predicted molar refractivity (Wildman–Crippen MR) is 100 cm³/mol. The number of benzene rings is 2. The minimum Gasteiger partial charge on any atom is -0.273 e. The van der Waals surface area contributed by atoms with Gasteiger partial charge in [0.2, 0.25) is 0 Å². The predicted octanol–water partition coefficient (Wildman–Crippen LogP) is 4.51. The van der Waals surface area contributed by atoms with E-state index < -0.39 is 10.0 Å². The molecule has 5 heteroatoms. The Bertz CT molecular complexity index is 950. The topological polar surface area (TPSA) is 37.4 Å². The Labute approximate surface area is 154 Å². The summed E-state index contributed by atoms with van der Waals surface area (Å²) in [5.74, 6) is 0. The zero-order chi connectivity index (χ0) is 17.9. The van der Waals surface area contributed by atoms with Crippen molar-refractivity contribution in [2.75, 3.05) is 6.54 Å². The fraction of sp³-hybridized carbons (Fsp3) is 0.300. The van der Waals surface area contributed by atoms with Gasteiger partial charge in [-0.2, -0.15) is 0 Å². The second-order valence-corrected chi connectivity index (χ2v) is 9.69. The standard InChI is InChI=1S/C20H20ClNO2S/c1-15-3-9-18(10-4-15)25(23,24)22-12-11-19(2)13-20(19,14-22)16-5-7-17(21)8-6-16/h3-12H,13-14H2,1-2H3. The van der Waals surface area contributed by atoms with E-state index in [1.807, 2.05) is 49.4 Å². The molecule has 1 saturated carbocycles. The zero-order valence-corrected chi connectivity index (χ0v) is 15.8. The Morgan fingerprint density at radius 2 is 1.68 bits per heavy atom. The van der Waals surface area contributed by atoms with Crippen molar-refractivity contribution in [2.45, 2.75) is 30.6 Å². The van der Waals surface area contributed by atoms with Gasteiger partial charge >= 0.3 is 0 Å². The van der Waals surface area contributed by atoms with Gasteiger partial charge in [-0.25, -0.2) is 8.42 Å². The fourth-order valence-electron chi connectivity index (χ4n) is 3.91. The molecular formula is C20H20ClNO2S. The molecule has 2 aromatic carbocycles. The monoisotopic (exact) mass is 373 g/mol. The van der Waals surface area contributed by atoms with Crippen LogP contribution in [-0.2, 0) is 15.4 Å². The van der Waals surface area contributed by atoms with Crippen molar-refractivity contribution in [2.24, 2.45) is 5.41 Å². The lowest BCUT2D eigenvalue weighted by atomic mass is 9.85. The Kier molecular flexibility index (Phi) is 3.57. The lowest BCUT2D eigenvalue weighted by molar-refractivity contribution is 0.392. The molecule has 3 nitrogen and oxygen atoms in total. The highest BCUT2D eigenvalue weighted by molar-refractivity contribution is 7.89. The van der Waals surface area contributed by atoms with E-state index in [0.29, 0.717) is 16.5 Å². The molecule has 130 valence electrons. The maximum absolute atomic E-state index is 13.0. The molecule has 0 spiro atoms. The van der Waals surface area contributed by atoms with Gasteiger partial charge in [-0.15, -0.1) is 0 Å². The highest BCUT2D eigenvalue weighted by atomic mass is 35.5. The van der Waals surface area contributed by atoms with E-state index in [-0.39, 0.29) is 10.8 Å². The maximum Gasteiger partial charge on any atom is 0.263 e. The molecule has 0 radical (unpaired) electrons. The van der Waals surface area contributed by atoms with E-state index in [9.17, 15) is 8.42 Å². The maximum atomic E-state index is 13.0. The van der Waals surface area contributed by atoms with Gasteiger partial charge < -0.3 is 0 Å². The van der Waals surface area contributed by atoms with Gasteiger partial charge in [0.05, 0.1) is 4.90 Å². The zero-order valence-electron chi connectivity index (χ0n) is 14.2. The first-order valence-corrected chi connectivity index (χ1v) is 10.1. The Balaban J connectivity index is 1.71. The molecule has 25 heavy (non-hydrogen) atoms. The summed E-state index contributed by atoms with van der Waals surface area (Å²) in [6, 6.07) is 14.8. The Morgan fingerprint density at radius 1 is 1.04 bits per heavy atom. The van der Waals surface area contributed by atoms with Crippen LogP contribution in [0.3, 0.4) is 0 Å². The number of sulfonamides is 1. The molecule has 2 aliphatic rings. The SMILES string of the molecule is Cc1ccc(S(=O)(=O)N2C=CC3(C)CC3(c3ccc(Cl)cc3)C2)cc1. The van der Waals surface area contributed by atoms with E-state index in [1.54, 1.807) is 18.3 Å². The van der Waals surface area contributed by atoms with Crippen LogP contribution in [0.25, 0.3) is 0 Å².